The largest absolute Gasteiger partial charge is 0.507 e. The molecule has 1 fully saturated rings. The van der Waals surface area contributed by atoms with E-state index in [-0.39, 0.29) is 23.6 Å². The zero-order valence-corrected chi connectivity index (χ0v) is 14.8. The zero-order chi connectivity index (χ0) is 18.8. The number of aromatic nitrogens is 3. The number of para-hydroxylation sites is 1. The van der Waals surface area contributed by atoms with Crippen LogP contribution >= 0.6 is 0 Å². The number of ether oxygens (including phenoxy) is 1. The molecule has 0 spiro atoms. The minimum atomic E-state index is -0.265. The van der Waals surface area contributed by atoms with Crippen molar-refractivity contribution >= 4 is 5.91 Å². The smallest absolute Gasteiger partial charge is 0.269 e. The summed E-state index contributed by atoms with van der Waals surface area (Å²) in [6, 6.07) is 10.2. The van der Waals surface area contributed by atoms with E-state index in [2.05, 4.69) is 20.7 Å². The van der Waals surface area contributed by atoms with Crippen molar-refractivity contribution in [1.82, 2.24) is 20.7 Å². The minimum absolute atomic E-state index is 0.113. The third kappa shape index (κ3) is 3.70. The standard InChI is InChI=1S/C19H20N4O4/c1-11-6-13(27-23-11)7-12-9-26-10-17(12)20-19(25)16-8-15(21-22-16)14-4-2-3-5-18(14)24/h2-6,8,12,17,24H,7,9-10H2,1H3,(H,20,25)(H,21,22)/t12-,17+/m1/s1. The first kappa shape index (κ1) is 17.3. The summed E-state index contributed by atoms with van der Waals surface area (Å²) in [6.07, 6.45) is 0.651. The van der Waals surface area contributed by atoms with E-state index in [4.69, 9.17) is 9.26 Å². The van der Waals surface area contributed by atoms with Crippen molar-refractivity contribution in [2.24, 2.45) is 5.92 Å². The van der Waals surface area contributed by atoms with E-state index in [9.17, 15) is 9.90 Å². The quantitative estimate of drug-likeness (QED) is 0.635. The Morgan fingerprint density at radius 1 is 1.33 bits per heavy atom. The Labute approximate surface area is 155 Å². The van der Waals surface area contributed by atoms with Crippen LogP contribution in [0.25, 0.3) is 11.3 Å². The molecule has 0 bridgehead atoms. The van der Waals surface area contributed by atoms with E-state index in [0.29, 0.717) is 36.6 Å². The molecule has 1 aromatic carbocycles. The molecule has 1 amide bonds. The number of aromatic amines is 1. The van der Waals surface area contributed by atoms with Crippen LogP contribution in [0.15, 0.2) is 40.9 Å². The number of rotatable bonds is 5. The number of phenolic OH excluding ortho intramolecular Hbond substituents is 1. The molecule has 27 heavy (non-hydrogen) atoms. The normalized spacial score (nSPS) is 19.3. The van der Waals surface area contributed by atoms with E-state index in [1.54, 1.807) is 30.3 Å². The Bertz CT molecular complexity index is 949. The van der Waals surface area contributed by atoms with Crippen molar-refractivity contribution in [3.05, 3.63) is 53.5 Å². The summed E-state index contributed by atoms with van der Waals surface area (Å²) in [5, 5.41) is 23.7. The summed E-state index contributed by atoms with van der Waals surface area (Å²) < 4.78 is 10.8. The third-order valence-electron chi connectivity index (χ3n) is 4.66. The molecule has 4 rings (SSSR count). The van der Waals surface area contributed by atoms with Crippen LogP contribution in [0, 0.1) is 12.8 Å². The molecule has 8 heteroatoms. The lowest BCUT2D eigenvalue weighted by Gasteiger charge is -2.17. The highest BCUT2D eigenvalue weighted by atomic mass is 16.5. The Morgan fingerprint density at radius 2 is 2.19 bits per heavy atom. The number of hydrogen-bond donors (Lipinski definition) is 3. The summed E-state index contributed by atoms with van der Waals surface area (Å²) >= 11 is 0. The lowest BCUT2D eigenvalue weighted by Crippen LogP contribution is -2.40. The van der Waals surface area contributed by atoms with Gasteiger partial charge in [0.25, 0.3) is 5.91 Å². The number of aromatic hydroxyl groups is 1. The second-order valence-electron chi connectivity index (χ2n) is 6.70. The second kappa shape index (κ2) is 7.24. The molecule has 8 nitrogen and oxygen atoms in total. The number of nitrogens with one attached hydrogen (secondary N) is 2. The monoisotopic (exact) mass is 368 g/mol. The van der Waals surface area contributed by atoms with Crippen molar-refractivity contribution in [3.63, 3.8) is 0 Å². The van der Waals surface area contributed by atoms with Crippen LogP contribution in [0.4, 0.5) is 0 Å². The van der Waals surface area contributed by atoms with Gasteiger partial charge in [-0.2, -0.15) is 5.10 Å². The van der Waals surface area contributed by atoms with Gasteiger partial charge in [-0.05, 0) is 25.1 Å². The fourth-order valence-corrected chi connectivity index (χ4v) is 3.24. The van der Waals surface area contributed by atoms with Gasteiger partial charge in [0.05, 0.1) is 30.6 Å². The van der Waals surface area contributed by atoms with E-state index in [1.807, 2.05) is 13.0 Å². The van der Waals surface area contributed by atoms with E-state index in [0.717, 1.165) is 11.5 Å². The highest BCUT2D eigenvalue weighted by Gasteiger charge is 2.31. The molecule has 2 aromatic heterocycles. The number of amides is 1. The maximum Gasteiger partial charge on any atom is 0.269 e. The van der Waals surface area contributed by atoms with Crippen LogP contribution in [-0.4, -0.2) is 45.6 Å². The van der Waals surface area contributed by atoms with Gasteiger partial charge in [0.2, 0.25) is 0 Å². The predicted octanol–water partition coefficient (Wildman–Crippen LogP) is 2.07. The minimum Gasteiger partial charge on any atom is -0.507 e. The summed E-state index contributed by atoms with van der Waals surface area (Å²) in [7, 11) is 0. The first-order valence-electron chi connectivity index (χ1n) is 8.74. The highest BCUT2D eigenvalue weighted by molar-refractivity contribution is 5.93. The SMILES string of the molecule is Cc1cc(C[C@@H]2COC[C@@H]2NC(=O)c2cc(-c3ccccc3O)n[nH]2)on1. The molecule has 3 heterocycles. The van der Waals surface area contributed by atoms with Gasteiger partial charge in [0, 0.05) is 24.0 Å². The summed E-state index contributed by atoms with van der Waals surface area (Å²) in [4.78, 5) is 12.6. The van der Waals surface area contributed by atoms with Crippen LogP contribution < -0.4 is 5.32 Å². The van der Waals surface area contributed by atoms with Crippen LogP contribution in [0.2, 0.25) is 0 Å². The maximum atomic E-state index is 12.6. The second-order valence-corrected chi connectivity index (χ2v) is 6.70. The van der Waals surface area contributed by atoms with Gasteiger partial charge in [0.15, 0.2) is 0 Å². The van der Waals surface area contributed by atoms with Crippen molar-refractivity contribution in [3.8, 4) is 17.0 Å². The fraction of sp³-hybridized carbons (Fsp3) is 0.316. The molecule has 140 valence electrons. The lowest BCUT2D eigenvalue weighted by molar-refractivity contribution is 0.0919. The van der Waals surface area contributed by atoms with Gasteiger partial charge in [0.1, 0.15) is 17.2 Å². The third-order valence-corrected chi connectivity index (χ3v) is 4.66. The molecule has 0 aliphatic carbocycles. The maximum absolute atomic E-state index is 12.6. The van der Waals surface area contributed by atoms with Crippen molar-refractivity contribution in [2.75, 3.05) is 13.2 Å². The average molecular weight is 368 g/mol. The number of carbonyl (C=O) groups excluding carboxylic acids is 1. The Morgan fingerprint density at radius 3 is 2.96 bits per heavy atom. The number of H-pyrrole nitrogens is 1. The fourth-order valence-electron chi connectivity index (χ4n) is 3.24. The molecule has 1 saturated heterocycles. The number of hydrogen-bond acceptors (Lipinski definition) is 6. The molecule has 1 aliphatic heterocycles. The molecule has 3 N–H and O–H groups in total. The van der Waals surface area contributed by atoms with Crippen molar-refractivity contribution in [2.45, 2.75) is 19.4 Å². The predicted molar refractivity (Wildman–Crippen MR) is 96.2 cm³/mol. The number of carbonyl (C=O) groups is 1. The molecular weight excluding hydrogens is 348 g/mol. The Balaban J connectivity index is 1.43. The van der Waals surface area contributed by atoms with Gasteiger partial charge in [-0.25, -0.2) is 0 Å². The van der Waals surface area contributed by atoms with Crippen LogP contribution in [0.5, 0.6) is 5.75 Å². The lowest BCUT2D eigenvalue weighted by atomic mass is 9.98. The van der Waals surface area contributed by atoms with Gasteiger partial charge in [-0.3, -0.25) is 9.89 Å². The van der Waals surface area contributed by atoms with Crippen LogP contribution in [-0.2, 0) is 11.2 Å². The molecule has 3 aromatic rings. The summed E-state index contributed by atoms with van der Waals surface area (Å²) in [6.45, 7) is 2.87. The Hall–Kier alpha value is -3.13. The number of benzene rings is 1. The number of aryl methyl sites for hydroxylation is 1. The molecule has 1 aliphatic rings. The zero-order valence-electron chi connectivity index (χ0n) is 14.8. The van der Waals surface area contributed by atoms with E-state index in [1.165, 1.54) is 0 Å². The average Bonchev–Trinajstić information content (AvgIpc) is 3.38. The molecule has 2 atom stereocenters. The van der Waals surface area contributed by atoms with Crippen molar-refractivity contribution < 1.29 is 19.2 Å². The van der Waals surface area contributed by atoms with Gasteiger partial charge in [-0.1, -0.05) is 17.3 Å². The van der Waals surface area contributed by atoms with Crippen LogP contribution in [0.1, 0.15) is 21.9 Å². The first-order valence-corrected chi connectivity index (χ1v) is 8.74. The van der Waals surface area contributed by atoms with Gasteiger partial charge < -0.3 is 19.7 Å². The number of phenols is 1. The molecule has 0 saturated carbocycles. The Kier molecular flexibility index (Phi) is 4.64. The topological polar surface area (TPSA) is 113 Å². The molecular formula is C19H20N4O4. The first-order chi connectivity index (χ1) is 13.1. The molecule has 0 unspecified atom stereocenters. The highest BCUT2D eigenvalue weighted by Crippen LogP contribution is 2.27. The summed E-state index contributed by atoms with van der Waals surface area (Å²) in [5.74, 6) is 0.744. The van der Waals surface area contributed by atoms with Gasteiger partial charge >= 0.3 is 0 Å². The van der Waals surface area contributed by atoms with Crippen LogP contribution in [0.3, 0.4) is 0 Å². The number of nitrogens with zero attached hydrogens (tertiary/aromatic N) is 2. The van der Waals surface area contributed by atoms with Gasteiger partial charge in [-0.15, -0.1) is 0 Å². The van der Waals surface area contributed by atoms with E-state index >= 15 is 0 Å². The molecule has 0 radical (unpaired) electrons. The summed E-state index contributed by atoms with van der Waals surface area (Å²) in [5.41, 5.74) is 2.23. The van der Waals surface area contributed by atoms with Crippen molar-refractivity contribution in [1.29, 1.82) is 0 Å². The van der Waals surface area contributed by atoms with E-state index < -0.39 is 0 Å².